The normalized spacial score (nSPS) is 12.9. The molecular formula is C15H20BrClN4. The van der Waals surface area contributed by atoms with E-state index in [1.54, 1.807) is 6.33 Å². The highest BCUT2D eigenvalue weighted by Crippen LogP contribution is 2.28. The van der Waals surface area contributed by atoms with Crippen molar-refractivity contribution in [1.29, 1.82) is 0 Å². The monoisotopic (exact) mass is 370 g/mol. The lowest BCUT2D eigenvalue weighted by Gasteiger charge is -2.18. The van der Waals surface area contributed by atoms with Crippen LogP contribution >= 0.6 is 27.5 Å². The Hall–Kier alpha value is -0.910. The Kier molecular flexibility index (Phi) is 5.79. The molecule has 1 N–H and O–H groups in total. The smallest absolute Gasteiger partial charge is 0.138 e. The Bertz CT molecular complexity index is 597. The van der Waals surface area contributed by atoms with Crippen LogP contribution in [0.2, 0.25) is 5.02 Å². The van der Waals surface area contributed by atoms with Crippen molar-refractivity contribution in [2.45, 2.75) is 32.9 Å². The molecule has 0 bridgehead atoms. The van der Waals surface area contributed by atoms with Gasteiger partial charge >= 0.3 is 0 Å². The second kappa shape index (κ2) is 7.38. The summed E-state index contributed by atoms with van der Waals surface area (Å²) in [6.07, 6.45) is 2.37. The van der Waals surface area contributed by atoms with Crippen molar-refractivity contribution >= 4 is 27.5 Å². The van der Waals surface area contributed by atoms with Gasteiger partial charge in [0.15, 0.2) is 0 Å². The molecule has 0 aliphatic rings. The molecule has 1 aromatic heterocycles. The fourth-order valence-electron chi connectivity index (χ4n) is 2.28. The maximum Gasteiger partial charge on any atom is 0.138 e. The number of halogens is 2. The molecule has 4 nitrogen and oxygen atoms in total. The molecular weight excluding hydrogens is 352 g/mol. The van der Waals surface area contributed by atoms with E-state index in [0.29, 0.717) is 5.92 Å². The minimum absolute atomic E-state index is 0.112. The molecule has 1 atom stereocenters. The predicted octanol–water partition coefficient (Wildman–Crippen LogP) is 3.85. The largest absolute Gasteiger partial charge is 0.313 e. The zero-order valence-corrected chi connectivity index (χ0v) is 14.8. The molecule has 1 heterocycles. The predicted molar refractivity (Wildman–Crippen MR) is 89.5 cm³/mol. The first kappa shape index (κ1) is 16.5. The molecule has 0 saturated heterocycles. The van der Waals surface area contributed by atoms with Gasteiger partial charge in [-0.15, -0.1) is 0 Å². The molecule has 2 aromatic rings. The minimum atomic E-state index is 0.112. The van der Waals surface area contributed by atoms with Crippen molar-refractivity contribution in [3.8, 4) is 0 Å². The third kappa shape index (κ3) is 4.28. The van der Waals surface area contributed by atoms with Crippen LogP contribution in [-0.4, -0.2) is 21.8 Å². The molecule has 1 aromatic carbocycles. The number of likely N-dealkylation sites (N-methyl/N-ethyl adjacent to an activating group) is 1. The molecule has 0 aliphatic heterocycles. The van der Waals surface area contributed by atoms with Gasteiger partial charge < -0.3 is 5.32 Å². The third-order valence-corrected chi connectivity index (χ3v) is 4.13. The first-order valence-electron chi connectivity index (χ1n) is 7.00. The fourth-order valence-corrected chi connectivity index (χ4v) is 3.08. The highest BCUT2D eigenvalue weighted by atomic mass is 79.9. The molecule has 0 amide bonds. The van der Waals surface area contributed by atoms with Crippen molar-refractivity contribution in [2.24, 2.45) is 5.92 Å². The number of rotatable bonds is 6. The summed E-state index contributed by atoms with van der Waals surface area (Å²) in [7, 11) is 1.94. The summed E-state index contributed by atoms with van der Waals surface area (Å²) >= 11 is 9.79. The zero-order chi connectivity index (χ0) is 15.4. The first-order chi connectivity index (χ1) is 10.0. The molecule has 0 aliphatic carbocycles. The van der Waals surface area contributed by atoms with Crippen LogP contribution < -0.4 is 5.32 Å². The van der Waals surface area contributed by atoms with Crippen LogP contribution in [0.25, 0.3) is 0 Å². The van der Waals surface area contributed by atoms with Crippen molar-refractivity contribution in [1.82, 2.24) is 20.1 Å². The van der Waals surface area contributed by atoms with E-state index in [-0.39, 0.29) is 6.04 Å². The van der Waals surface area contributed by atoms with E-state index in [1.165, 1.54) is 0 Å². The lowest BCUT2D eigenvalue weighted by atomic mass is 10.0. The van der Waals surface area contributed by atoms with Gasteiger partial charge in [-0.05, 0) is 30.7 Å². The SMILES string of the molecule is CNC(Cc1ncnn1CC(C)C)c1ccc(Br)cc1Cl. The zero-order valence-electron chi connectivity index (χ0n) is 12.5. The van der Waals surface area contributed by atoms with Crippen LogP contribution in [-0.2, 0) is 13.0 Å². The van der Waals surface area contributed by atoms with E-state index < -0.39 is 0 Å². The number of aromatic nitrogens is 3. The van der Waals surface area contributed by atoms with Gasteiger partial charge in [0.1, 0.15) is 12.2 Å². The highest BCUT2D eigenvalue weighted by Gasteiger charge is 2.17. The average Bonchev–Trinajstić information content (AvgIpc) is 2.83. The van der Waals surface area contributed by atoms with Crippen molar-refractivity contribution in [2.75, 3.05) is 7.05 Å². The summed E-state index contributed by atoms with van der Waals surface area (Å²) in [5.41, 5.74) is 1.07. The molecule has 0 radical (unpaired) electrons. The summed E-state index contributed by atoms with van der Waals surface area (Å²) in [4.78, 5) is 4.39. The fraction of sp³-hybridized carbons (Fsp3) is 0.467. The molecule has 114 valence electrons. The molecule has 21 heavy (non-hydrogen) atoms. The van der Waals surface area contributed by atoms with Crippen LogP contribution in [0, 0.1) is 5.92 Å². The Morgan fingerprint density at radius 2 is 2.14 bits per heavy atom. The molecule has 1 unspecified atom stereocenters. The Balaban J connectivity index is 2.21. The number of hydrogen-bond donors (Lipinski definition) is 1. The van der Waals surface area contributed by atoms with E-state index >= 15 is 0 Å². The third-order valence-electron chi connectivity index (χ3n) is 3.31. The minimum Gasteiger partial charge on any atom is -0.313 e. The Labute approximate surface area is 139 Å². The summed E-state index contributed by atoms with van der Waals surface area (Å²) in [6.45, 7) is 5.22. The second-order valence-electron chi connectivity index (χ2n) is 5.46. The maximum atomic E-state index is 6.35. The number of hydrogen-bond acceptors (Lipinski definition) is 3. The quantitative estimate of drug-likeness (QED) is 0.838. The van der Waals surface area contributed by atoms with Gasteiger partial charge in [0, 0.05) is 28.5 Å². The van der Waals surface area contributed by atoms with Gasteiger partial charge in [-0.25, -0.2) is 9.67 Å². The van der Waals surface area contributed by atoms with E-state index in [2.05, 4.69) is 45.2 Å². The van der Waals surface area contributed by atoms with Crippen molar-refractivity contribution in [3.05, 3.63) is 45.4 Å². The summed E-state index contributed by atoms with van der Waals surface area (Å²) in [5.74, 6) is 1.51. The summed E-state index contributed by atoms with van der Waals surface area (Å²) in [5, 5.41) is 8.38. The van der Waals surface area contributed by atoms with Gasteiger partial charge in [-0.2, -0.15) is 5.10 Å². The Morgan fingerprint density at radius 3 is 2.76 bits per heavy atom. The average molecular weight is 372 g/mol. The summed E-state index contributed by atoms with van der Waals surface area (Å²) in [6, 6.07) is 6.07. The van der Waals surface area contributed by atoms with Crippen LogP contribution in [0.3, 0.4) is 0 Å². The van der Waals surface area contributed by atoms with Crippen LogP contribution in [0.15, 0.2) is 29.0 Å². The molecule has 0 spiro atoms. The van der Waals surface area contributed by atoms with Crippen LogP contribution in [0.4, 0.5) is 0 Å². The summed E-state index contributed by atoms with van der Waals surface area (Å²) < 4.78 is 2.95. The first-order valence-corrected chi connectivity index (χ1v) is 8.17. The van der Waals surface area contributed by atoms with E-state index in [1.807, 2.05) is 29.9 Å². The van der Waals surface area contributed by atoms with Crippen molar-refractivity contribution in [3.63, 3.8) is 0 Å². The van der Waals surface area contributed by atoms with Gasteiger partial charge in [-0.1, -0.05) is 47.4 Å². The number of nitrogens with zero attached hydrogens (tertiary/aromatic N) is 3. The van der Waals surface area contributed by atoms with E-state index in [4.69, 9.17) is 11.6 Å². The molecule has 0 fully saturated rings. The van der Waals surface area contributed by atoms with E-state index in [0.717, 1.165) is 33.8 Å². The second-order valence-corrected chi connectivity index (χ2v) is 6.79. The lowest BCUT2D eigenvalue weighted by molar-refractivity contribution is 0.451. The molecule has 2 rings (SSSR count). The van der Waals surface area contributed by atoms with E-state index in [9.17, 15) is 0 Å². The lowest BCUT2D eigenvalue weighted by Crippen LogP contribution is -2.22. The highest BCUT2D eigenvalue weighted by molar-refractivity contribution is 9.10. The number of benzene rings is 1. The molecule has 6 heteroatoms. The topological polar surface area (TPSA) is 42.7 Å². The van der Waals surface area contributed by atoms with Gasteiger partial charge in [0.25, 0.3) is 0 Å². The Morgan fingerprint density at radius 1 is 1.38 bits per heavy atom. The van der Waals surface area contributed by atoms with Gasteiger partial charge in [-0.3, -0.25) is 0 Å². The number of nitrogens with one attached hydrogen (secondary N) is 1. The van der Waals surface area contributed by atoms with Gasteiger partial charge in [0.05, 0.1) is 0 Å². The molecule has 0 saturated carbocycles. The van der Waals surface area contributed by atoms with Crippen LogP contribution in [0.5, 0.6) is 0 Å². The van der Waals surface area contributed by atoms with Gasteiger partial charge in [0.2, 0.25) is 0 Å². The standard InChI is InChI=1S/C15H20BrClN4/c1-10(2)8-21-15(19-9-20-21)7-14(18-3)12-5-4-11(16)6-13(12)17/h4-6,9-10,14,18H,7-8H2,1-3H3. The van der Waals surface area contributed by atoms with Crippen molar-refractivity contribution < 1.29 is 0 Å². The van der Waals surface area contributed by atoms with Crippen LogP contribution in [0.1, 0.15) is 31.3 Å². The maximum absolute atomic E-state index is 6.35.